The number of hydrogen-bond donors (Lipinski definition) is 2. The highest BCUT2D eigenvalue weighted by molar-refractivity contribution is 7.89. The fraction of sp³-hybridized carbons (Fsp3) is 0.571. The predicted octanol–water partition coefficient (Wildman–Crippen LogP) is 0.792. The van der Waals surface area contributed by atoms with Crippen LogP contribution in [0.1, 0.15) is 19.3 Å². The van der Waals surface area contributed by atoms with Crippen molar-refractivity contribution >= 4 is 15.7 Å². The second-order valence-electron chi connectivity index (χ2n) is 5.74. The van der Waals surface area contributed by atoms with Gasteiger partial charge in [-0.25, -0.2) is 13.1 Å². The summed E-state index contributed by atoms with van der Waals surface area (Å²) < 4.78 is 32.7. The van der Waals surface area contributed by atoms with Crippen molar-refractivity contribution in [3.63, 3.8) is 0 Å². The fourth-order valence-corrected chi connectivity index (χ4v) is 4.08. The molecular formula is C14H21N3O3S. The largest absolute Gasteiger partial charge is 0.495 e. The van der Waals surface area contributed by atoms with Crippen molar-refractivity contribution in [3.8, 4) is 5.75 Å². The maximum absolute atomic E-state index is 12.4. The quantitative estimate of drug-likeness (QED) is 0.786. The van der Waals surface area contributed by atoms with Crippen LogP contribution in [0.25, 0.3) is 0 Å². The third-order valence-corrected chi connectivity index (χ3v) is 5.64. The molecule has 0 radical (unpaired) electrons. The molecule has 0 spiro atoms. The average Bonchev–Trinajstić information content (AvgIpc) is 3.20. The second kappa shape index (κ2) is 5.47. The number of benzene rings is 1. The van der Waals surface area contributed by atoms with Gasteiger partial charge in [-0.05, 0) is 31.4 Å². The van der Waals surface area contributed by atoms with E-state index in [1.54, 1.807) is 6.07 Å². The Balaban J connectivity index is 1.71. The topological polar surface area (TPSA) is 84.7 Å². The zero-order valence-corrected chi connectivity index (χ0v) is 12.9. The standard InChI is InChI=1S/C14H21N3O3S/c1-20-14-8-12(4-5-13(14)15)21(18,19)16-10-6-7-17(9-10)11-2-3-11/h4-5,8,10-11,16H,2-3,6-7,9,15H2,1H3. The number of ether oxygens (including phenoxy) is 1. The first-order valence-electron chi connectivity index (χ1n) is 7.19. The van der Waals surface area contributed by atoms with Crippen molar-refractivity contribution in [2.24, 2.45) is 0 Å². The summed E-state index contributed by atoms with van der Waals surface area (Å²) in [6, 6.07) is 5.19. The first kappa shape index (κ1) is 14.6. The number of likely N-dealkylation sites (tertiary alicyclic amines) is 1. The van der Waals surface area contributed by atoms with Gasteiger partial charge in [0, 0.05) is 31.2 Å². The van der Waals surface area contributed by atoms with Gasteiger partial charge in [-0.2, -0.15) is 0 Å². The molecule has 1 aromatic carbocycles. The van der Waals surface area contributed by atoms with Crippen LogP contribution >= 0.6 is 0 Å². The Bertz CT molecular complexity index is 628. The maximum atomic E-state index is 12.4. The molecule has 116 valence electrons. The molecule has 0 bridgehead atoms. The van der Waals surface area contributed by atoms with Crippen LogP contribution in [0.5, 0.6) is 5.75 Å². The normalized spacial score (nSPS) is 23.4. The Labute approximate surface area is 125 Å². The van der Waals surface area contributed by atoms with Crippen LogP contribution in [-0.2, 0) is 10.0 Å². The van der Waals surface area contributed by atoms with E-state index in [1.807, 2.05) is 0 Å². The summed E-state index contributed by atoms with van der Waals surface area (Å²) in [5, 5.41) is 0. The Morgan fingerprint density at radius 2 is 2.10 bits per heavy atom. The van der Waals surface area contributed by atoms with Gasteiger partial charge in [-0.15, -0.1) is 0 Å². The van der Waals surface area contributed by atoms with Gasteiger partial charge in [0.2, 0.25) is 10.0 Å². The van der Waals surface area contributed by atoms with E-state index in [0.29, 0.717) is 17.5 Å². The number of nitrogens with two attached hydrogens (primary N) is 1. The highest BCUT2D eigenvalue weighted by Crippen LogP contribution is 2.30. The lowest BCUT2D eigenvalue weighted by molar-refractivity contribution is 0.322. The first-order chi connectivity index (χ1) is 9.99. The molecule has 0 aromatic heterocycles. The van der Waals surface area contributed by atoms with Gasteiger partial charge in [0.25, 0.3) is 0 Å². The number of sulfonamides is 1. The van der Waals surface area contributed by atoms with Crippen molar-refractivity contribution in [2.75, 3.05) is 25.9 Å². The summed E-state index contributed by atoms with van der Waals surface area (Å²) in [5.74, 6) is 0.379. The number of nitrogens with one attached hydrogen (secondary N) is 1. The molecule has 2 fully saturated rings. The van der Waals surface area contributed by atoms with Crippen molar-refractivity contribution in [2.45, 2.75) is 36.2 Å². The fourth-order valence-electron chi connectivity index (χ4n) is 2.80. The second-order valence-corrected chi connectivity index (χ2v) is 7.45. The van der Waals surface area contributed by atoms with Crippen LogP contribution in [0.15, 0.2) is 23.1 Å². The van der Waals surface area contributed by atoms with E-state index in [9.17, 15) is 8.42 Å². The predicted molar refractivity (Wildman–Crippen MR) is 80.7 cm³/mol. The van der Waals surface area contributed by atoms with Crippen LogP contribution in [0, 0.1) is 0 Å². The third kappa shape index (κ3) is 3.14. The summed E-state index contributed by atoms with van der Waals surface area (Å²) in [5.41, 5.74) is 6.15. The molecule has 1 saturated carbocycles. The van der Waals surface area contributed by atoms with Crippen LogP contribution in [0.3, 0.4) is 0 Å². The summed E-state index contributed by atoms with van der Waals surface area (Å²) in [7, 11) is -2.06. The van der Waals surface area contributed by atoms with Crippen LogP contribution in [-0.4, -0.2) is 45.6 Å². The van der Waals surface area contributed by atoms with Gasteiger partial charge < -0.3 is 10.5 Å². The molecule has 21 heavy (non-hydrogen) atoms. The molecule has 1 aliphatic heterocycles. The maximum Gasteiger partial charge on any atom is 0.241 e. The molecule has 3 rings (SSSR count). The van der Waals surface area contributed by atoms with Gasteiger partial charge in [0.15, 0.2) is 0 Å². The zero-order chi connectivity index (χ0) is 15.0. The Kier molecular flexibility index (Phi) is 3.81. The van der Waals surface area contributed by atoms with Crippen LogP contribution in [0.2, 0.25) is 0 Å². The number of nitrogens with zero attached hydrogens (tertiary/aromatic N) is 1. The molecule has 1 aliphatic carbocycles. The number of nitrogen functional groups attached to an aromatic ring is 1. The van der Waals surface area contributed by atoms with E-state index in [1.165, 1.54) is 32.1 Å². The summed E-state index contributed by atoms with van der Waals surface area (Å²) in [4.78, 5) is 2.56. The van der Waals surface area contributed by atoms with Gasteiger partial charge >= 0.3 is 0 Å². The monoisotopic (exact) mass is 311 g/mol. The highest BCUT2D eigenvalue weighted by Gasteiger charge is 2.35. The average molecular weight is 311 g/mol. The van der Waals surface area contributed by atoms with Gasteiger partial charge in [-0.1, -0.05) is 0 Å². The molecule has 6 nitrogen and oxygen atoms in total. The number of rotatable bonds is 5. The van der Waals surface area contributed by atoms with E-state index in [2.05, 4.69) is 9.62 Å². The highest BCUT2D eigenvalue weighted by atomic mass is 32.2. The number of anilines is 1. The van der Waals surface area contributed by atoms with E-state index in [4.69, 9.17) is 10.5 Å². The first-order valence-corrected chi connectivity index (χ1v) is 8.68. The summed E-state index contributed by atoms with van der Waals surface area (Å²) in [6.07, 6.45) is 3.35. The summed E-state index contributed by atoms with van der Waals surface area (Å²) >= 11 is 0. The van der Waals surface area contributed by atoms with Gasteiger partial charge in [0.1, 0.15) is 5.75 Å². The molecule has 1 atom stereocenters. The Hall–Kier alpha value is -1.31. The van der Waals surface area contributed by atoms with Crippen LogP contribution < -0.4 is 15.2 Å². The number of methoxy groups -OCH3 is 1. The Morgan fingerprint density at radius 1 is 1.33 bits per heavy atom. The molecule has 3 N–H and O–H groups in total. The SMILES string of the molecule is COc1cc(S(=O)(=O)NC2CCN(C3CC3)C2)ccc1N. The van der Waals surface area contributed by atoms with E-state index < -0.39 is 10.0 Å². The minimum atomic E-state index is -3.53. The molecule has 7 heteroatoms. The van der Waals surface area contributed by atoms with E-state index in [-0.39, 0.29) is 10.9 Å². The number of hydrogen-bond acceptors (Lipinski definition) is 5. The third-order valence-electron chi connectivity index (χ3n) is 4.12. The minimum Gasteiger partial charge on any atom is -0.495 e. The molecule has 1 saturated heterocycles. The molecule has 0 amide bonds. The van der Waals surface area contributed by atoms with Gasteiger partial charge in [0.05, 0.1) is 17.7 Å². The zero-order valence-electron chi connectivity index (χ0n) is 12.1. The lowest BCUT2D eigenvalue weighted by atomic mass is 10.3. The van der Waals surface area contributed by atoms with Crippen molar-refractivity contribution in [1.82, 2.24) is 9.62 Å². The minimum absolute atomic E-state index is 0.0147. The lowest BCUT2D eigenvalue weighted by Gasteiger charge is -2.16. The van der Waals surface area contributed by atoms with Crippen molar-refractivity contribution in [3.05, 3.63) is 18.2 Å². The molecule has 2 aliphatic rings. The molecule has 1 unspecified atom stereocenters. The molecular weight excluding hydrogens is 290 g/mol. The van der Waals surface area contributed by atoms with Crippen molar-refractivity contribution in [1.29, 1.82) is 0 Å². The molecule has 1 heterocycles. The Morgan fingerprint density at radius 3 is 2.76 bits per heavy atom. The smallest absolute Gasteiger partial charge is 0.241 e. The van der Waals surface area contributed by atoms with E-state index >= 15 is 0 Å². The van der Waals surface area contributed by atoms with E-state index in [0.717, 1.165) is 19.5 Å². The van der Waals surface area contributed by atoms with Gasteiger partial charge in [-0.3, -0.25) is 4.90 Å². The van der Waals surface area contributed by atoms with Crippen LogP contribution in [0.4, 0.5) is 5.69 Å². The summed E-state index contributed by atoms with van der Waals surface area (Å²) in [6.45, 7) is 1.78. The van der Waals surface area contributed by atoms with Crippen molar-refractivity contribution < 1.29 is 13.2 Å². The molecule has 1 aromatic rings. The lowest BCUT2D eigenvalue weighted by Crippen LogP contribution is -2.37.